The predicted molar refractivity (Wildman–Crippen MR) is 312 cm³/mol. The Balaban J connectivity index is 1.18. The fourth-order valence-corrected chi connectivity index (χ4v) is 13.6. The highest BCUT2D eigenvalue weighted by Gasteiger charge is 2.58. The SMILES string of the molecule is CC(C)(C)c1ccc(N2c3cc(C(C)(C)C)ccc3B3c4ccc(C(C)(C)C)cc4N(c4ccc5c(c4)oc4ccccc45)c4cc(N5c6ccccc6C6(C)CCCCC56C)cc2c43)c(-c2ccccc2)c1. The Morgan fingerprint density at radius 2 is 1.03 bits per heavy atom. The number of furan rings is 1. The van der Waals surface area contributed by atoms with Crippen molar-refractivity contribution in [3.63, 3.8) is 0 Å². The molecule has 4 heterocycles. The smallest absolute Gasteiger partial charge is 0.252 e. The first-order chi connectivity index (χ1) is 34.8. The fraction of sp³-hybridized carbons (Fsp3) is 0.294. The molecule has 0 amide bonds. The lowest BCUT2D eigenvalue weighted by molar-refractivity contribution is 0.195. The summed E-state index contributed by atoms with van der Waals surface area (Å²) in [6.45, 7) is 26.2. The number of anilines is 8. The van der Waals surface area contributed by atoms with Gasteiger partial charge in [-0.15, -0.1) is 0 Å². The summed E-state index contributed by atoms with van der Waals surface area (Å²) in [6.07, 6.45) is 4.73. The van der Waals surface area contributed by atoms with Gasteiger partial charge in [-0.3, -0.25) is 0 Å². The Hall–Kier alpha value is -6.98. The second kappa shape index (κ2) is 15.8. The number of fused-ring (bicyclic) bond motifs is 10. The first-order valence-corrected chi connectivity index (χ1v) is 26.9. The molecule has 13 rings (SSSR count). The van der Waals surface area contributed by atoms with Gasteiger partial charge in [0.25, 0.3) is 6.71 Å². The maximum absolute atomic E-state index is 6.75. The van der Waals surface area contributed by atoms with Gasteiger partial charge in [0.15, 0.2) is 0 Å². The maximum atomic E-state index is 6.75. The van der Waals surface area contributed by atoms with Crippen molar-refractivity contribution >= 4 is 90.5 Å². The molecule has 1 fully saturated rings. The van der Waals surface area contributed by atoms with Gasteiger partial charge in [0.05, 0.1) is 11.2 Å². The van der Waals surface area contributed by atoms with Gasteiger partial charge in [-0.1, -0.05) is 179 Å². The number of hydrogen-bond acceptors (Lipinski definition) is 4. The molecule has 1 aliphatic carbocycles. The van der Waals surface area contributed by atoms with Crippen LogP contribution in [0.3, 0.4) is 0 Å². The first kappa shape index (κ1) is 45.9. The van der Waals surface area contributed by atoms with Crippen molar-refractivity contribution in [3.8, 4) is 11.1 Å². The lowest BCUT2D eigenvalue weighted by Crippen LogP contribution is -2.61. The van der Waals surface area contributed by atoms with Crippen LogP contribution in [0.25, 0.3) is 33.1 Å². The molecule has 4 aliphatic rings. The van der Waals surface area contributed by atoms with E-state index in [0.717, 1.165) is 34.0 Å². The van der Waals surface area contributed by atoms with Crippen molar-refractivity contribution in [3.05, 3.63) is 186 Å². The van der Waals surface area contributed by atoms with Crippen LogP contribution in [0.15, 0.2) is 168 Å². The molecule has 364 valence electrons. The molecule has 9 aromatic rings. The molecule has 73 heavy (non-hydrogen) atoms. The summed E-state index contributed by atoms with van der Waals surface area (Å²) < 4.78 is 6.75. The standard InChI is InChI=1S/C68H68BN3O/c1-64(2,3)44-29-34-55(51(37-44)43-21-13-12-14-22-43)71-58-39-46(66(7,8)9)28-33-54(58)69-53-32-27-45(65(4,5)6)38-57(53)70(47-30-31-50-49-23-15-18-26-61(49)73-62(50)42-47)59-40-48(41-60(71)63(59)69)72-56-25-17-16-24-52(56)67(10)35-19-20-36-68(67,72)11/h12-18,21-34,37-42H,19-20,35-36H2,1-11H3. The largest absolute Gasteiger partial charge is 0.456 e. The molecule has 5 heteroatoms. The molecule has 0 N–H and O–H groups in total. The van der Waals surface area contributed by atoms with E-state index in [2.05, 4.69) is 255 Å². The van der Waals surface area contributed by atoms with Crippen LogP contribution in [0.1, 0.15) is 124 Å². The van der Waals surface area contributed by atoms with E-state index in [-0.39, 0.29) is 33.9 Å². The molecular weight excluding hydrogens is 886 g/mol. The zero-order valence-electron chi connectivity index (χ0n) is 44.7. The Bertz CT molecular complexity index is 3710. The van der Waals surface area contributed by atoms with E-state index in [1.165, 1.54) is 109 Å². The quantitative estimate of drug-likeness (QED) is 0.164. The number of nitrogens with zero attached hydrogens (tertiary/aromatic N) is 3. The van der Waals surface area contributed by atoms with Crippen LogP contribution in [0.4, 0.5) is 45.5 Å². The second-order valence-electron chi connectivity index (χ2n) is 25.3. The van der Waals surface area contributed by atoms with Crippen LogP contribution in [0, 0.1) is 0 Å². The summed E-state index contributed by atoms with van der Waals surface area (Å²) in [5.74, 6) is 0. The minimum atomic E-state index is -0.153. The third-order valence-corrected chi connectivity index (χ3v) is 17.9. The topological polar surface area (TPSA) is 22.9 Å². The van der Waals surface area contributed by atoms with E-state index in [9.17, 15) is 0 Å². The van der Waals surface area contributed by atoms with Crippen LogP contribution in [-0.4, -0.2) is 12.3 Å². The molecule has 1 saturated carbocycles. The number of benzene rings is 8. The molecule has 1 aromatic heterocycles. The van der Waals surface area contributed by atoms with Crippen LogP contribution in [0.2, 0.25) is 0 Å². The van der Waals surface area contributed by atoms with Gasteiger partial charge < -0.3 is 19.1 Å². The highest BCUT2D eigenvalue weighted by molar-refractivity contribution is 7.00. The summed E-state index contributed by atoms with van der Waals surface area (Å²) in [7, 11) is 0. The normalized spacial score (nSPS) is 19.2. The second-order valence-corrected chi connectivity index (χ2v) is 25.3. The third kappa shape index (κ3) is 6.79. The summed E-state index contributed by atoms with van der Waals surface area (Å²) in [4.78, 5) is 8.07. The first-order valence-electron chi connectivity index (χ1n) is 26.9. The highest BCUT2D eigenvalue weighted by Crippen LogP contribution is 2.62. The van der Waals surface area contributed by atoms with Crippen molar-refractivity contribution in [2.45, 2.75) is 129 Å². The number of para-hydroxylation sites is 2. The molecule has 3 aliphatic heterocycles. The zero-order chi connectivity index (χ0) is 50.6. The van der Waals surface area contributed by atoms with Crippen LogP contribution >= 0.6 is 0 Å². The molecule has 0 spiro atoms. The molecule has 2 atom stereocenters. The molecular formula is C68H68BN3O. The van der Waals surface area contributed by atoms with E-state index in [1.807, 2.05) is 0 Å². The summed E-state index contributed by atoms with van der Waals surface area (Å²) >= 11 is 0. The van der Waals surface area contributed by atoms with E-state index in [1.54, 1.807) is 0 Å². The fourth-order valence-electron chi connectivity index (χ4n) is 13.6. The zero-order valence-corrected chi connectivity index (χ0v) is 44.7. The van der Waals surface area contributed by atoms with Crippen molar-refractivity contribution in [2.24, 2.45) is 0 Å². The minimum Gasteiger partial charge on any atom is -0.456 e. The monoisotopic (exact) mass is 954 g/mol. The molecule has 2 unspecified atom stereocenters. The summed E-state index contributed by atoms with van der Waals surface area (Å²) in [5.41, 5.74) is 23.0. The predicted octanol–water partition coefficient (Wildman–Crippen LogP) is 17.0. The minimum absolute atomic E-state index is 0.0189. The molecule has 0 saturated heterocycles. The number of rotatable bonds is 4. The van der Waals surface area contributed by atoms with Crippen LogP contribution in [-0.2, 0) is 21.7 Å². The van der Waals surface area contributed by atoms with Gasteiger partial charge in [0.1, 0.15) is 11.2 Å². The molecule has 0 bridgehead atoms. The van der Waals surface area contributed by atoms with Crippen LogP contribution < -0.4 is 31.1 Å². The Morgan fingerprint density at radius 3 is 1.73 bits per heavy atom. The van der Waals surface area contributed by atoms with Gasteiger partial charge in [0, 0.05) is 67.6 Å². The Kier molecular flexibility index (Phi) is 9.90. The summed E-state index contributed by atoms with van der Waals surface area (Å²) in [6, 6.07) is 63.1. The maximum Gasteiger partial charge on any atom is 0.252 e. The Labute approximate surface area is 433 Å². The highest BCUT2D eigenvalue weighted by atomic mass is 16.3. The lowest BCUT2D eigenvalue weighted by atomic mass is 9.33. The van der Waals surface area contributed by atoms with Gasteiger partial charge in [0.2, 0.25) is 0 Å². The molecule has 0 radical (unpaired) electrons. The van der Waals surface area contributed by atoms with E-state index in [0.29, 0.717) is 0 Å². The lowest BCUT2D eigenvalue weighted by Gasteiger charge is -2.51. The van der Waals surface area contributed by atoms with Gasteiger partial charge in [-0.25, -0.2) is 0 Å². The van der Waals surface area contributed by atoms with E-state index >= 15 is 0 Å². The van der Waals surface area contributed by atoms with E-state index < -0.39 is 0 Å². The van der Waals surface area contributed by atoms with Crippen molar-refractivity contribution in [2.75, 3.05) is 14.7 Å². The molecule has 4 nitrogen and oxygen atoms in total. The third-order valence-electron chi connectivity index (χ3n) is 17.9. The van der Waals surface area contributed by atoms with Crippen molar-refractivity contribution < 1.29 is 4.42 Å². The van der Waals surface area contributed by atoms with Crippen LogP contribution in [0.5, 0.6) is 0 Å². The Morgan fingerprint density at radius 1 is 0.452 bits per heavy atom. The van der Waals surface area contributed by atoms with Gasteiger partial charge in [-0.05, 0) is 141 Å². The molecule has 8 aromatic carbocycles. The van der Waals surface area contributed by atoms with Crippen molar-refractivity contribution in [1.82, 2.24) is 0 Å². The van der Waals surface area contributed by atoms with E-state index in [4.69, 9.17) is 4.42 Å². The van der Waals surface area contributed by atoms with Gasteiger partial charge >= 0.3 is 0 Å². The average molecular weight is 954 g/mol. The summed E-state index contributed by atoms with van der Waals surface area (Å²) in [5, 5.41) is 2.27. The number of hydrogen-bond donors (Lipinski definition) is 0. The van der Waals surface area contributed by atoms with Gasteiger partial charge in [-0.2, -0.15) is 0 Å². The van der Waals surface area contributed by atoms with Crippen molar-refractivity contribution in [1.29, 1.82) is 0 Å². The average Bonchev–Trinajstić information content (AvgIpc) is 3.84.